The van der Waals surface area contributed by atoms with Gasteiger partial charge < -0.3 is 15.8 Å². The van der Waals surface area contributed by atoms with Gasteiger partial charge in [0.05, 0.1) is 11.4 Å². The molecule has 0 saturated carbocycles. The Kier molecular flexibility index (Phi) is 4.77. The molecule has 0 aliphatic rings. The van der Waals surface area contributed by atoms with Gasteiger partial charge in [-0.25, -0.2) is 4.39 Å². The lowest BCUT2D eigenvalue weighted by molar-refractivity contribution is -0.118. The number of carbonyl (C=O) groups is 1. The number of anilines is 2. The van der Waals surface area contributed by atoms with Gasteiger partial charge >= 0.3 is 0 Å². The van der Waals surface area contributed by atoms with Crippen molar-refractivity contribution in [1.29, 1.82) is 0 Å². The van der Waals surface area contributed by atoms with E-state index in [1.54, 1.807) is 18.2 Å². The van der Waals surface area contributed by atoms with Crippen LogP contribution in [-0.4, -0.2) is 12.5 Å². The van der Waals surface area contributed by atoms with Crippen LogP contribution in [0.4, 0.5) is 15.8 Å². The topological polar surface area (TPSA) is 64.3 Å². The van der Waals surface area contributed by atoms with E-state index >= 15 is 0 Å². The maximum atomic E-state index is 13.4. The number of nitrogens with one attached hydrogen (secondary N) is 1. The van der Waals surface area contributed by atoms with Gasteiger partial charge in [0.1, 0.15) is 11.6 Å². The average Bonchev–Trinajstić information content (AvgIpc) is 2.48. The number of ether oxygens (including phenoxy) is 1. The van der Waals surface area contributed by atoms with Crippen LogP contribution in [-0.2, 0) is 11.2 Å². The molecule has 110 valence electrons. The van der Waals surface area contributed by atoms with Gasteiger partial charge in [0.2, 0.25) is 0 Å². The highest BCUT2D eigenvalue weighted by molar-refractivity contribution is 5.92. The number of rotatable bonds is 5. The molecule has 0 aromatic heterocycles. The molecule has 0 atom stereocenters. The first-order valence-corrected chi connectivity index (χ1v) is 6.65. The number of para-hydroxylation sites is 1. The highest BCUT2D eigenvalue weighted by Crippen LogP contribution is 2.22. The lowest BCUT2D eigenvalue weighted by Gasteiger charge is -2.10. The van der Waals surface area contributed by atoms with E-state index in [0.29, 0.717) is 11.4 Å². The number of benzene rings is 2. The number of aryl methyl sites for hydroxylation is 1. The van der Waals surface area contributed by atoms with Gasteiger partial charge in [-0.15, -0.1) is 0 Å². The fourth-order valence-electron chi connectivity index (χ4n) is 1.84. The number of amides is 1. The maximum absolute atomic E-state index is 13.4. The number of hydrogen-bond donors (Lipinski definition) is 2. The van der Waals surface area contributed by atoms with E-state index in [0.717, 1.165) is 12.0 Å². The van der Waals surface area contributed by atoms with Gasteiger partial charge in [-0.3, -0.25) is 4.79 Å². The van der Waals surface area contributed by atoms with Crippen molar-refractivity contribution < 1.29 is 13.9 Å². The number of carbonyl (C=O) groups excluding carboxylic acids is 1. The predicted molar refractivity (Wildman–Crippen MR) is 80.8 cm³/mol. The second-order valence-corrected chi connectivity index (χ2v) is 4.54. The van der Waals surface area contributed by atoms with E-state index in [1.807, 2.05) is 19.1 Å². The summed E-state index contributed by atoms with van der Waals surface area (Å²) in [5.41, 5.74) is 7.54. The van der Waals surface area contributed by atoms with Crippen molar-refractivity contribution in [3.8, 4) is 5.75 Å². The lowest BCUT2D eigenvalue weighted by Crippen LogP contribution is -2.21. The number of halogens is 1. The van der Waals surface area contributed by atoms with E-state index in [4.69, 9.17) is 10.5 Å². The summed E-state index contributed by atoms with van der Waals surface area (Å²) in [7, 11) is 0. The molecule has 0 saturated heterocycles. The Labute approximate surface area is 122 Å². The molecule has 0 aliphatic heterocycles. The van der Waals surface area contributed by atoms with Gasteiger partial charge in [-0.2, -0.15) is 0 Å². The third-order valence-corrected chi connectivity index (χ3v) is 2.99. The monoisotopic (exact) mass is 288 g/mol. The van der Waals surface area contributed by atoms with Crippen molar-refractivity contribution in [3.05, 3.63) is 53.8 Å². The molecular weight excluding hydrogens is 271 g/mol. The van der Waals surface area contributed by atoms with Crippen LogP contribution >= 0.6 is 0 Å². The van der Waals surface area contributed by atoms with Gasteiger partial charge in [0.15, 0.2) is 6.61 Å². The molecule has 0 radical (unpaired) electrons. The minimum atomic E-state index is -0.488. The molecule has 5 heteroatoms. The first-order chi connectivity index (χ1) is 10.1. The minimum absolute atomic E-state index is 0.125. The Balaban J connectivity index is 1.94. The summed E-state index contributed by atoms with van der Waals surface area (Å²) < 4.78 is 18.7. The van der Waals surface area contributed by atoms with Crippen LogP contribution in [0.2, 0.25) is 0 Å². The van der Waals surface area contributed by atoms with Crippen LogP contribution < -0.4 is 15.8 Å². The summed E-state index contributed by atoms with van der Waals surface area (Å²) in [4.78, 5) is 11.7. The van der Waals surface area contributed by atoms with Gasteiger partial charge in [-0.05, 0) is 36.2 Å². The van der Waals surface area contributed by atoms with E-state index < -0.39 is 11.7 Å². The highest BCUT2D eigenvalue weighted by Gasteiger charge is 2.08. The van der Waals surface area contributed by atoms with Crippen LogP contribution in [0, 0.1) is 5.82 Å². The highest BCUT2D eigenvalue weighted by atomic mass is 19.1. The summed E-state index contributed by atoms with van der Waals surface area (Å²) in [5, 5.41) is 2.44. The molecule has 0 heterocycles. The van der Waals surface area contributed by atoms with Crippen LogP contribution in [0.15, 0.2) is 42.5 Å². The fraction of sp³-hybridized carbons (Fsp3) is 0.188. The molecule has 2 aromatic rings. The molecule has 0 unspecified atom stereocenters. The minimum Gasteiger partial charge on any atom is -0.482 e. The van der Waals surface area contributed by atoms with Crippen molar-refractivity contribution in [3.63, 3.8) is 0 Å². The largest absolute Gasteiger partial charge is 0.482 e. The molecule has 0 spiro atoms. The normalized spacial score (nSPS) is 10.2. The van der Waals surface area contributed by atoms with Crippen molar-refractivity contribution in [2.45, 2.75) is 13.3 Å². The number of hydrogen-bond acceptors (Lipinski definition) is 3. The lowest BCUT2D eigenvalue weighted by atomic mass is 10.1. The zero-order valence-electron chi connectivity index (χ0n) is 11.7. The Hall–Kier alpha value is -2.56. The summed E-state index contributed by atoms with van der Waals surface area (Å²) >= 11 is 0. The molecule has 0 fully saturated rings. The molecular formula is C16H17FN2O2. The summed E-state index contributed by atoms with van der Waals surface area (Å²) in [6.45, 7) is 1.79. The molecule has 4 nitrogen and oxygen atoms in total. The third kappa shape index (κ3) is 3.95. The van der Waals surface area contributed by atoms with Crippen LogP contribution in [0.3, 0.4) is 0 Å². The zero-order chi connectivity index (χ0) is 15.2. The molecule has 2 rings (SSSR count). The molecule has 2 aromatic carbocycles. The van der Waals surface area contributed by atoms with Crippen LogP contribution in [0.25, 0.3) is 0 Å². The van der Waals surface area contributed by atoms with E-state index in [2.05, 4.69) is 5.32 Å². The average molecular weight is 288 g/mol. The van der Waals surface area contributed by atoms with E-state index in [-0.39, 0.29) is 12.3 Å². The Morgan fingerprint density at radius 2 is 2.05 bits per heavy atom. The van der Waals surface area contributed by atoms with Gasteiger partial charge in [0.25, 0.3) is 5.91 Å². The van der Waals surface area contributed by atoms with Gasteiger partial charge in [0, 0.05) is 0 Å². The van der Waals surface area contributed by atoms with Crippen molar-refractivity contribution in [2.24, 2.45) is 0 Å². The van der Waals surface area contributed by atoms with Crippen molar-refractivity contribution in [1.82, 2.24) is 0 Å². The molecule has 0 bridgehead atoms. The predicted octanol–water partition coefficient (Wildman–Crippen LogP) is 2.99. The van der Waals surface area contributed by atoms with E-state index in [9.17, 15) is 9.18 Å². The summed E-state index contributed by atoms with van der Waals surface area (Å²) in [6.07, 6.45) is 0.873. The number of nitrogens with two attached hydrogens (primary N) is 1. The second kappa shape index (κ2) is 6.74. The third-order valence-electron chi connectivity index (χ3n) is 2.99. The molecule has 1 amide bonds. The zero-order valence-corrected chi connectivity index (χ0v) is 11.7. The van der Waals surface area contributed by atoms with Crippen LogP contribution in [0.1, 0.15) is 12.5 Å². The quantitative estimate of drug-likeness (QED) is 0.831. The van der Waals surface area contributed by atoms with Crippen molar-refractivity contribution in [2.75, 3.05) is 17.7 Å². The number of nitrogen functional groups attached to an aromatic ring is 1. The fourth-order valence-corrected chi connectivity index (χ4v) is 1.84. The van der Waals surface area contributed by atoms with Crippen molar-refractivity contribution >= 4 is 17.3 Å². The maximum Gasteiger partial charge on any atom is 0.262 e. The molecule has 0 aliphatic carbocycles. The summed E-state index contributed by atoms with van der Waals surface area (Å²) in [6, 6.07) is 11.4. The van der Waals surface area contributed by atoms with Crippen LogP contribution in [0.5, 0.6) is 5.75 Å². The Morgan fingerprint density at radius 1 is 1.29 bits per heavy atom. The summed E-state index contributed by atoms with van der Waals surface area (Å²) in [5.74, 6) is -0.493. The first kappa shape index (κ1) is 14.8. The molecule has 21 heavy (non-hydrogen) atoms. The standard InChI is InChI=1S/C16H17FN2O2/c1-2-11-7-8-15(13(18)9-11)21-10-16(20)19-14-6-4-3-5-12(14)17/h3-9H,2,10,18H2,1H3,(H,19,20). The van der Waals surface area contributed by atoms with Gasteiger partial charge in [-0.1, -0.05) is 25.1 Å². The Morgan fingerprint density at radius 3 is 2.71 bits per heavy atom. The molecule has 3 N–H and O–H groups in total. The SMILES string of the molecule is CCc1ccc(OCC(=O)Nc2ccccc2F)c(N)c1. The second-order valence-electron chi connectivity index (χ2n) is 4.54. The first-order valence-electron chi connectivity index (χ1n) is 6.65. The Bertz CT molecular complexity index is 644. The van der Waals surface area contributed by atoms with E-state index in [1.165, 1.54) is 12.1 Å². The smallest absolute Gasteiger partial charge is 0.262 e.